The molecule has 1 amide bonds. The largest absolute Gasteiger partial charge is 0.465 e. The van der Waals surface area contributed by atoms with Crippen LogP contribution in [0.5, 0.6) is 0 Å². The van der Waals surface area contributed by atoms with E-state index in [1.807, 2.05) is 4.90 Å². The lowest BCUT2D eigenvalue weighted by atomic mass is 10.0. The number of piperidine rings is 1. The molecule has 25 heavy (non-hydrogen) atoms. The highest BCUT2D eigenvalue weighted by molar-refractivity contribution is 5.76. The molecule has 2 rings (SSSR count). The number of aromatic nitrogens is 2. The quantitative estimate of drug-likeness (QED) is 0.681. The molecule has 0 bridgehead atoms. The van der Waals surface area contributed by atoms with E-state index in [9.17, 15) is 9.59 Å². The smallest absolute Gasteiger partial charge is 0.325 e. The van der Waals surface area contributed by atoms with Crippen molar-refractivity contribution in [3.8, 4) is 0 Å². The van der Waals surface area contributed by atoms with Gasteiger partial charge in [0.2, 0.25) is 5.91 Å². The molecule has 7 heteroatoms. The molecule has 1 aliphatic rings. The first-order valence-corrected chi connectivity index (χ1v) is 9.30. The van der Waals surface area contributed by atoms with Crippen molar-refractivity contribution in [2.45, 2.75) is 58.5 Å². The van der Waals surface area contributed by atoms with E-state index in [4.69, 9.17) is 4.74 Å². The van der Waals surface area contributed by atoms with Gasteiger partial charge >= 0.3 is 5.97 Å². The molecule has 0 atom stereocenters. The van der Waals surface area contributed by atoms with Crippen molar-refractivity contribution < 1.29 is 14.3 Å². The van der Waals surface area contributed by atoms with Gasteiger partial charge in [-0.15, -0.1) is 0 Å². The molecule has 7 nitrogen and oxygen atoms in total. The van der Waals surface area contributed by atoms with Crippen LogP contribution in [-0.4, -0.2) is 58.6 Å². The minimum absolute atomic E-state index is 0.145. The molecule has 1 saturated heterocycles. The zero-order chi connectivity index (χ0) is 18.1. The van der Waals surface area contributed by atoms with Gasteiger partial charge in [-0.25, -0.2) is 4.98 Å². The summed E-state index contributed by atoms with van der Waals surface area (Å²) in [6, 6.07) is 0.535. The Kier molecular flexibility index (Phi) is 7.91. The maximum Gasteiger partial charge on any atom is 0.325 e. The summed E-state index contributed by atoms with van der Waals surface area (Å²) in [6.07, 6.45) is 7.54. The fourth-order valence-electron chi connectivity index (χ4n) is 3.12. The number of rotatable bonds is 9. The third-order valence-corrected chi connectivity index (χ3v) is 4.50. The first-order valence-electron chi connectivity index (χ1n) is 9.30. The number of amides is 1. The molecular formula is C18H30N4O3. The Morgan fingerprint density at radius 2 is 2.08 bits per heavy atom. The minimum atomic E-state index is -0.283. The van der Waals surface area contributed by atoms with Crippen molar-refractivity contribution in [1.82, 2.24) is 19.8 Å². The molecule has 0 unspecified atom stereocenters. The number of hydrogen-bond donors (Lipinski definition) is 1. The van der Waals surface area contributed by atoms with Crippen LogP contribution >= 0.6 is 0 Å². The third kappa shape index (κ3) is 6.16. The number of esters is 1. The summed E-state index contributed by atoms with van der Waals surface area (Å²) < 4.78 is 6.72. The topological polar surface area (TPSA) is 76.5 Å². The van der Waals surface area contributed by atoms with E-state index in [2.05, 4.69) is 17.2 Å². The average Bonchev–Trinajstić information content (AvgIpc) is 3.05. The van der Waals surface area contributed by atoms with Gasteiger partial charge in [0.1, 0.15) is 12.4 Å². The number of nitrogens with zero attached hydrogens (tertiary/aromatic N) is 3. The zero-order valence-corrected chi connectivity index (χ0v) is 15.4. The predicted octanol–water partition coefficient (Wildman–Crippen LogP) is 1.37. The van der Waals surface area contributed by atoms with Crippen molar-refractivity contribution in [3.05, 3.63) is 18.2 Å². The molecule has 0 radical (unpaired) electrons. The Morgan fingerprint density at radius 1 is 1.32 bits per heavy atom. The number of aryl methyl sites for hydroxylation is 1. The van der Waals surface area contributed by atoms with Gasteiger partial charge in [0.15, 0.2) is 0 Å². The van der Waals surface area contributed by atoms with E-state index >= 15 is 0 Å². The van der Waals surface area contributed by atoms with E-state index in [1.165, 1.54) is 0 Å². The SMILES string of the molecule is CCCNC1CCN(C(=O)CCc2nccn2CC(=O)OCC)CC1. The summed E-state index contributed by atoms with van der Waals surface area (Å²) in [7, 11) is 0. The molecule has 0 saturated carbocycles. The summed E-state index contributed by atoms with van der Waals surface area (Å²) in [6.45, 7) is 7.14. The number of nitrogens with one attached hydrogen (secondary N) is 1. The normalized spacial score (nSPS) is 15.4. The lowest BCUT2D eigenvalue weighted by Gasteiger charge is -2.32. The van der Waals surface area contributed by atoms with Crippen molar-refractivity contribution >= 4 is 11.9 Å². The van der Waals surface area contributed by atoms with Gasteiger partial charge in [-0.1, -0.05) is 6.92 Å². The standard InChI is InChI=1S/C18H30N4O3/c1-3-9-19-15-7-11-21(12-8-15)17(23)6-5-16-20-10-13-22(16)14-18(24)25-4-2/h10,13,15,19H,3-9,11-12,14H2,1-2H3. The summed E-state index contributed by atoms with van der Waals surface area (Å²) in [4.78, 5) is 30.2. The Morgan fingerprint density at radius 3 is 2.76 bits per heavy atom. The molecule has 0 aliphatic carbocycles. The number of imidazole rings is 1. The van der Waals surface area contributed by atoms with Gasteiger partial charge in [-0.05, 0) is 32.7 Å². The molecule has 0 aromatic carbocycles. The van der Waals surface area contributed by atoms with Crippen LogP contribution in [0, 0.1) is 0 Å². The number of hydrogen-bond acceptors (Lipinski definition) is 5. The first-order chi connectivity index (χ1) is 12.1. The van der Waals surface area contributed by atoms with Crippen LogP contribution < -0.4 is 5.32 Å². The zero-order valence-electron chi connectivity index (χ0n) is 15.4. The number of carbonyl (C=O) groups excluding carboxylic acids is 2. The monoisotopic (exact) mass is 350 g/mol. The van der Waals surface area contributed by atoms with Crippen molar-refractivity contribution in [1.29, 1.82) is 0 Å². The van der Waals surface area contributed by atoms with Gasteiger partial charge in [0.05, 0.1) is 6.61 Å². The molecule has 1 fully saturated rings. The number of carbonyl (C=O) groups is 2. The van der Waals surface area contributed by atoms with Crippen LogP contribution in [0.3, 0.4) is 0 Å². The summed E-state index contributed by atoms with van der Waals surface area (Å²) in [5, 5.41) is 3.53. The maximum absolute atomic E-state index is 12.4. The second kappa shape index (κ2) is 10.2. The average molecular weight is 350 g/mol. The molecule has 140 valence electrons. The van der Waals surface area contributed by atoms with Gasteiger partial charge in [0.25, 0.3) is 0 Å². The van der Waals surface area contributed by atoms with Crippen LogP contribution in [0.4, 0.5) is 0 Å². The Bertz CT molecular complexity index is 550. The Hall–Kier alpha value is -1.89. The van der Waals surface area contributed by atoms with Crippen LogP contribution in [0.15, 0.2) is 12.4 Å². The van der Waals surface area contributed by atoms with Gasteiger partial charge in [-0.2, -0.15) is 0 Å². The lowest BCUT2D eigenvalue weighted by Crippen LogP contribution is -2.45. The van der Waals surface area contributed by atoms with E-state index in [-0.39, 0.29) is 18.4 Å². The number of likely N-dealkylation sites (tertiary alicyclic amines) is 1. The lowest BCUT2D eigenvalue weighted by molar-refractivity contribution is -0.143. The Labute approximate surface area is 149 Å². The van der Waals surface area contributed by atoms with Crippen molar-refractivity contribution in [3.63, 3.8) is 0 Å². The number of ether oxygens (including phenoxy) is 1. The molecule has 2 heterocycles. The maximum atomic E-state index is 12.4. The van der Waals surface area contributed by atoms with Gasteiger partial charge < -0.3 is 19.5 Å². The van der Waals surface area contributed by atoms with Crippen LogP contribution in [0.1, 0.15) is 45.4 Å². The second-order valence-electron chi connectivity index (χ2n) is 6.39. The summed E-state index contributed by atoms with van der Waals surface area (Å²) >= 11 is 0. The Balaban J connectivity index is 1.76. The third-order valence-electron chi connectivity index (χ3n) is 4.50. The van der Waals surface area contributed by atoms with Gasteiger partial charge in [0, 0.05) is 44.4 Å². The van der Waals surface area contributed by atoms with Crippen molar-refractivity contribution in [2.75, 3.05) is 26.2 Å². The fourth-order valence-corrected chi connectivity index (χ4v) is 3.12. The summed E-state index contributed by atoms with van der Waals surface area (Å²) in [5.41, 5.74) is 0. The van der Waals surface area contributed by atoms with Gasteiger partial charge in [-0.3, -0.25) is 9.59 Å². The van der Waals surface area contributed by atoms with Crippen LogP contribution in [0.2, 0.25) is 0 Å². The molecule has 1 aromatic heterocycles. The van der Waals surface area contributed by atoms with Crippen LogP contribution in [-0.2, 0) is 27.3 Å². The highest BCUT2D eigenvalue weighted by Crippen LogP contribution is 2.13. The van der Waals surface area contributed by atoms with Crippen LogP contribution in [0.25, 0.3) is 0 Å². The highest BCUT2D eigenvalue weighted by Gasteiger charge is 2.22. The molecular weight excluding hydrogens is 320 g/mol. The fraction of sp³-hybridized carbons (Fsp3) is 0.722. The molecule has 1 aromatic rings. The van der Waals surface area contributed by atoms with E-state index in [0.29, 0.717) is 25.5 Å². The van der Waals surface area contributed by atoms with E-state index < -0.39 is 0 Å². The molecule has 0 spiro atoms. The second-order valence-corrected chi connectivity index (χ2v) is 6.39. The highest BCUT2D eigenvalue weighted by atomic mass is 16.5. The van der Waals surface area contributed by atoms with E-state index in [0.717, 1.165) is 44.7 Å². The van der Waals surface area contributed by atoms with E-state index in [1.54, 1.807) is 23.9 Å². The molecule has 1 N–H and O–H groups in total. The molecule has 1 aliphatic heterocycles. The summed E-state index contributed by atoms with van der Waals surface area (Å²) in [5.74, 6) is 0.634. The minimum Gasteiger partial charge on any atom is -0.465 e. The first kappa shape index (κ1) is 19.4. The van der Waals surface area contributed by atoms with Crippen molar-refractivity contribution in [2.24, 2.45) is 0 Å². The predicted molar refractivity (Wildman–Crippen MR) is 95.1 cm³/mol.